The Balaban J connectivity index is 1.60. The van der Waals surface area contributed by atoms with Gasteiger partial charge in [-0.1, -0.05) is 60.7 Å². The summed E-state index contributed by atoms with van der Waals surface area (Å²) >= 11 is 0. The number of para-hydroxylation sites is 2. The molecule has 1 amide bonds. The van der Waals surface area contributed by atoms with E-state index in [4.69, 9.17) is 14.6 Å². The van der Waals surface area contributed by atoms with Gasteiger partial charge in [-0.05, 0) is 17.7 Å². The van der Waals surface area contributed by atoms with Gasteiger partial charge in [0.25, 0.3) is 5.91 Å². The van der Waals surface area contributed by atoms with Crippen molar-refractivity contribution in [2.24, 2.45) is 5.10 Å². The van der Waals surface area contributed by atoms with Crippen LogP contribution in [0.2, 0.25) is 0 Å². The number of nitrogens with one attached hydrogen (secondary N) is 1. The molecule has 3 aromatic rings. The number of carbonyl (C=O) groups excluding carboxylic acids is 1. The van der Waals surface area contributed by atoms with Crippen molar-refractivity contribution >= 4 is 17.3 Å². The molecule has 148 valence electrons. The maximum absolute atomic E-state index is 13.4. The average Bonchev–Trinajstić information content (AvgIpc) is 3.35. The molecule has 2 atom stereocenters. The Labute approximate surface area is 173 Å². The summed E-state index contributed by atoms with van der Waals surface area (Å²) < 4.78 is 12.1. The van der Waals surface area contributed by atoms with Crippen molar-refractivity contribution in [3.8, 4) is 11.5 Å². The highest BCUT2D eigenvalue weighted by molar-refractivity contribution is 6.07. The summed E-state index contributed by atoms with van der Waals surface area (Å²) in [5, 5.41) is 9.75. The minimum Gasteiger partial charge on any atom is -0.493 e. The van der Waals surface area contributed by atoms with Crippen LogP contribution in [0, 0.1) is 0 Å². The summed E-state index contributed by atoms with van der Waals surface area (Å²) in [5.41, 5.74) is 3.05. The lowest BCUT2D eigenvalue weighted by Gasteiger charge is -2.44. The van der Waals surface area contributed by atoms with E-state index in [1.165, 1.54) is 0 Å². The van der Waals surface area contributed by atoms with Gasteiger partial charge in [0.1, 0.15) is 0 Å². The first-order valence-electron chi connectivity index (χ1n) is 9.91. The van der Waals surface area contributed by atoms with Crippen LogP contribution in [0.5, 0.6) is 11.5 Å². The fraction of sp³-hybridized carbons (Fsp3) is 0.167. The highest BCUT2D eigenvalue weighted by Crippen LogP contribution is 2.56. The number of nitrogens with zero attached hydrogens (tertiary/aromatic N) is 2. The van der Waals surface area contributed by atoms with Gasteiger partial charge in [-0.2, -0.15) is 5.10 Å². The third-order valence-corrected chi connectivity index (χ3v) is 6.03. The maximum Gasteiger partial charge on any atom is 0.306 e. The molecule has 30 heavy (non-hydrogen) atoms. The fourth-order valence-corrected chi connectivity index (χ4v) is 4.65. The summed E-state index contributed by atoms with van der Waals surface area (Å²) in [6.45, 7) is 0. The molecule has 1 N–H and O–H groups in total. The van der Waals surface area contributed by atoms with Gasteiger partial charge in [-0.3, -0.25) is 4.79 Å². The van der Waals surface area contributed by atoms with E-state index in [1.807, 2.05) is 77.8 Å². The van der Waals surface area contributed by atoms with Crippen LogP contribution < -0.4 is 14.8 Å². The number of hydrogen-bond acceptors (Lipinski definition) is 5. The number of hydrogen-bond donors (Lipinski definition) is 1. The lowest BCUT2D eigenvalue weighted by atomic mass is 9.92. The number of benzene rings is 3. The predicted molar refractivity (Wildman–Crippen MR) is 113 cm³/mol. The number of hydrazone groups is 1. The number of rotatable bonds is 2. The summed E-state index contributed by atoms with van der Waals surface area (Å²) in [7, 11) is 1.61. The van der Waals surface area contributed by atoms with Crippen molar-refractivity contribution < 1.29 is 14.3 Å². The van der Waals surface area contributed by atoms with E-state index in [1.54, 1.807) is 7.11 Å². The predicted octanol–water partition coefficient (Wildman–Crippen LogP) is 4.04. The number of anilines is 1. The number of methoxy groups -OCH3 is 1. The Morgan fingerprint density at radius 2 is 1.87 bits per heavy atom. The third-order valence-electron chi connectivity index (χ3n) is 6.03. The number of ether oxygens (including phenoxy) is 2. The second-order valence-electron chi connectivity index (χ2n) is 7.60. The zero-order chi connectivity index (χ0) is 20.3. The molecule has 0 aliphatic carbocycles. The van der Waals surface area contributed by atoms with E-state index in [9.17, 15) is 4.79 Å². The van der Waals surface area contributed by atoms with Gasteiger partial charge in [0.15, 0.2) is 11.5 Å². The molecule has 6 nitrogen and oxygen atoms in total. The van der Waals surface area contributed by atoms with Crippen molar-refractivity contribution in [3.63, 3.8) is 0 Å². The topological polar surface area (TPSA) is 63.2 Å². The standard InChI is InChI=1S/C24H19N3O3/c1-29-21-13-7-10-16-20-14-19(15-8-3-2-4-9-15)26-27(20)24(30-22(16)21)17-11-5-6-12-18(17)25-23(24)28/h2-13,20H,14H2,1H3,(H,25,28)/t20-,24-/m1/s1. The molecule has 3 aromatic carbocycles. The molecule has 1 spiro atoms. The molecule has 0 saturated carbocycles. The molecule has 0 aromatic heterocycles. The minimum atomic E-state index is -1.38. The van der Waals surface area contributed by atoms with Crippen molar-refractivity contribution in [1.29, 1.82) is 0 Å². The van der Waals surface area contributed by atoms with Gasteiger partial charge in [0.2, 0.25) is 0 Å². The van der Waals surface area contributed by atoms with Gasteiger partial charge in [0.05, 0.1) is 30.1 Å². The van der Waals surface area contributed by atoms with Crippen LogP contribution in [-0.4, -0.2) is 23.7 Å². The minimum absolute atomic E-state index is 0.143. The average molecular weight is 397 g/mol. The summed E-state index contributed by atoms with van der Waals surface area (Å²) in [5.74, 6) is 0.956. The zero-order valence-electron chi connectivity index (χ0n) is 16.3. The van der Waals surface area contributed by atoms with E-state index in [-0.39, 0.29) is 11.9 Å². The first kappa shape index (κ1) is 17.1. The molecular formula is C24H19N3O3. The SMILES string of the molecule is COc1cccc2c1O[C@]1(C(=O)Nc3ccccc31)N1N=C(c3ccccc3)C[C@H]21. The van der Waals surface area contributed by atoms with E-state index < -0.39 is 5.72 Å². The molecule has 6 heteroatoms. The number of fused-ring (bicyclic) bond motifs is 6. The molecule has 0 saturated heterocycles. The van der Waals surface area contributed by atoms with Crippen LogP contribution in [0.15, 0.2) is 77.9 Å². The van der Waals surface area contributed by atoms with E-state index in [0.29, 0.717) is 17.9 Å². The van der Waals surface area contributed by atoms with Crippen LogP contribution >= 0.6 is 0 Å². The summed E-state index contributed by atoms with van der Waals surface area (Å²) in [6.07, 6.45) is 0.671. The molecule has 3 heterocycles. The molecular weight excluding hydrogens is 378 g/mol. The van der Waals surface area contributed by atoms with Crippen molar-refractivity contribution in [2.45, 2.75) is 18.2 Å². The van der Waals surface area contributed by atoms with Crippen LogP contribution in [0.4, 0.5) is 5.69 Å². The van der Waals surface area contributed by atoms with Crippen LogP contribution in [0.3, 0.4) is 0 Å². The Bertz CT molecular complexity index is 1210. The second-order valence-corrected chi connectivity index (χ2v) is 7.60. The molecule has 0 radical (unpaired) electrons. The van der Waals surface area contributed by atoms with Crippen molar-refractivity contribution in [2.75, 3.05) is 12.4 Å². The summed E-state index contributed by atoms with van der Waals surface area (Å²) in [6, 6.07) is 23.3. The van der Waals surface area contributed by atoms with E-state index >= 15 is 0 Å². The molecule has 0 unspecified atom stereocenters. The van der Waals surface area contributed by atoms with Gasteiger partial charge < -0.3 is 14.8 Å². The maximum atomic E-state index is 13.4. The van der Waals surface area contributed by atoms with Gasteiger partial charge >= 0.3 is 5.72 Å². The monoisotopic (exact) mass is 397 g/mol. The quantitative estimate of drug-likeness (QED) is 0.709. The first-order chi connectivity index (χ1) is 14.7. The Morgan fingerprint density at radius 1 is 1.07 bits per heavy atom. The van der Waals surface area contributed by atoms with Crippen LogP contribution in [-0.2, 0) is 10.5 Å². The van der Waals surface area contributed by atoms with Crippen LogP contribution in [0.1, 0.15) is 29.2 Å². The lowest BCUT2D eigenvalue weighted by molar-refractivity contribution is -0.161. The Hall–Kier alpha value is -3.80. The van der Waals surface area contributed by atoms with Gasteiger partial charge in [-0.15, -0.1) is 0 Å². The highest BCUT2D eigenvalue weighted by atomic mass is 16.6. The smallest absolute Gasteiger partial charge is 0.306 e. The third kappa shape index (κ3) is 2.13. The Morgan fingerprint density at radius 3 is 2.70 bits per heavy atom. The van der Waals surface area contributed by atoms with Gasteiger partial charge in [0, 0.05) is 12.0 Å². The van der Waals surface area contributed by atoms with Gasteiger partial charge in [-0.25, -0.2) is 5.01 Å². The Kier molecular flexibility index (Phi) is 3.47. The number of carbonyl (C=O) groups is 1. The number of amides is 1. The zero-order valence-corrected chi connectivity index (χ0v) is 16.3. The normalized spacial score (nSPS) is 23.2. The van der Waals surface area contributed by atoms with Crippen LogP contribution in [0.25, 0.3) is 0 Å². The van der Waals surface area contributed by atoms with Crippen molar-refractivity contribution in [1.82, 2.24) is 5.01 Å². The second kappa shape index (κ2) is 6.10. The first-order valence-corrected chi connectivity index (χ1v) is 9.91. The molecule has 3 aliphatic rings. The largest absolute Gasteiger partial charge is 0.493 e. The fourth-order valence-electron chi connectivity index (χ4n) is 4.65. The summed E-state index contributed by atoms with van der Waals surface area (Å²) in [4.78, 5) is 13.4. The molecule has 0 fully saturated rings. The highest BCUT2D eigenvalue weighted by Gasteiger charge is 2.61. The molecule has 3 aliphatic heterocycles. The van der Waals surface area contributed by atoms with E-state index in [2.05, 4.69) is 5.32 Å². The molecule has 0 bridgehead atoms. The van der Waals surface area contributed by atoms with E-state index in [0.717, 1.165) is 28.1 Å². The molecule has 6 rings (SSSR count). The lowest BCUT2D eigenvalue weighted by Crippen LogP contribution is -2.55. The van der Waals surface area contributed by atoms with Crippen molar-refractivity contribution in [3.05, 3.63) is 89.5 Å².